The van der Waals surface area contributed by atoms with Gasteiger partial charge in [0.1, 0.15) is 52.0 Å². The highest BCUT2D eigenvalue weighted by Gasteiger charge is 2.17. The van der Waals surface area contributed by atoms with Gasteiger partial charge in [-0.2, -0.15) is 0 Å². The number of carbonyl (C=O) groups is 1. The number of phenols is 2. The number of methoxy groups -OCH3 is 1. The quantitative estimate of drug-likeness (QED) is 0.298. The van der Waals surface area contributed by atoms with Gasteiger partial charge in [-0.15, -0.1) is 0 Å². The first kappa shape index (κ1) is 22.1. The lowest BCUT2D eigenvalue weighted by Gasteiger charge is -2.13. The van der Waals surface area contributed by atoms with Crippen LogP contribution in [0.1, 0.15) is 15.9 Å². The summed E-state index contributed by atoms with van der Waals surface area (Å²) < 4.78 is 17.0. The lowest BCUT2D eigenvalue weighted by atomic mass is 10.1. The van der Waals surface area contributed by atoms with E-state index in [0.29, 0.717) is 34.7 Å². The zero-order chi connectivity index (χ0) is 21.4. The van der Waals surface area contributed by atoms with E-state index in [9.17, 15) is 15.0 Å². The van der Waals surface area contributed by atoms with Crippen LogP contribution in [0, 0.1) is 0 Å². The third-order valence-electron chi connectivity index (χ3n) is 3.70. The summed E-state index contributed by atoms with van der Waals surface area (Å²) in [6, 6.07) is 5.78. The summed E-state index contributed by atoms with van der Waals surface area (Å²) in [5, 5.41) is 19.6. The fourth-order valence-electron chi connectivity index (χ4n) is 2.45. The third-order valence-corrected chi connectivity index (χ3v) is 4.48. The molecule has 0 aliphatic rings. The van der Waals surface area contributed by atoms with Crippen LogP contribution in [0.3, 0.4) is 0 Å². The summed E-state index contributed by atoms with van der Waals surface area (Å²) in [6.07, 6.45) is 6.07. The highest BCUT2D eigenvalue weighted by Crippen LogP contribution is 2.37. The number of aromatic hydroxyl groups is 2. The van der Waals surface area contributed by atoms with Gasteiger partial charge in [0.25, 0.3) is 0 Å². The van der Waals surface area contributed by atoms with Gasteiger partial charge in [0, 0.05) is 12.1 Å². The topological polar surface area (TPSA) is 85.2 Å². The molecule has 7 heteroatoms. The normalized spacial score (nSPS) is 10.6. The number of ketones is 1. The van der Waals surface area contributed by atoms with E-state index in [2.05, 4.69) is 29.1 Å². The van der Waals surface area contributed by atoms with Crippen LogP contribution in [-0.2, 0) is 0 Å². The van der Waals surface area contributed by atoms with Gasteiger partial charge in [0.15, 0.2) is 5.78 Å². The molecule has 0 spiro atoms. The van der Waals surface area contributed by atoms with Gasteiger partial charge in [0.05, 0.1) is 7.11 Å². The van der Waals surface area contributed by atoms with Gasteiger partial charge in [-0.05, 0) is 39.7 Å². The second-order valence-electron chi connectivity index (χ2n) is 5.77. The minimum atomic E-state index is -0.496. The van der Waals surface area contributed by atoms with Gasteiger partial charge in [-0.3, -0.25) is 4.79 Å². The molecule has 152 valence electrons. The molecular weight excluding hydrogens is 440 g/mol. The van der Waals surface area contributed by atoms with Crippen LogP contribution in [0.5, 0.6) is 28.7 Å². The standard InChI is InChI=1S/C22H21BrO6/c1-4-8-28-19-10-14(11-20(22(19)23)29-9-5-2)6-7-16(25)21-17(26)12-15(24)13-18(21)27-3/h4-7,10-13,24,26H,1-2,8-9H2,3H3/b7-6+. The Bertz CT molecular complexity index is 916. The summed E-state index contributed by atoms with van der Waals surface area (Å²) >= 11 is 3.44. The molecule has 0 amide bonds. The molecule has 0 aliphatic heterocycles. The average molecular weight is 461 g/mol. The number of hydrogen-bond acceptors (Lipinski definition) is 6. The van der Waals surface area contributed by atoms with Crippen molar-refractivity contribution >= 4 is 27.8 Å². The first-order valence-electron chi connectivity index (χ1n) is 8.54. The number of hydrogen-bond donors (Lipinski definition) is 2. The van der Waals surface area contributed by atoms with Crippen LogP contribution in [-0.4, -0.2) is 36.3 Å². The first-order valence-corrected chi connectivity index (χ1v) is 9.33. The molecular formula is C22H21BrO6. The monoisotopic (exact) mass is 460 g/mol. The number of allylic oxidation sites excluding steroid dienone is 1. The summed E-state index contributed by atoms with van der Waals surface area (Å²) in [4.78, 5) is 12.6. The highest BCUT2D eigenvalue weighted by atomic mass is 79.9. The van der Waals surface area contributed by atoms with E-state index in [-0.39, 0.29) is 22.8 Å². The fraction of sp³-hybridized carbons (Fsp3) is 0.136. The van der Waals surface area contributed by atoms with E-state index in [1.807, 2.05) is 0 Å². The smallest absolute Gasteiger partial charge is 0.193 e. The Hall–Kier alpha value is -3.19. The Morgan fingerprint density at radius 2 is 1.62 bits per heavy atom. The van der Waals surface area contributed by atoms with Crippen LogP contribution in [0.4, 0.5) is 0 Å². The van der Waals surface area contributed by atoms with E-state index in [1.54, 1.807) is 30.4 Å². The molecule has 0 atom stereocenters. The number of carbonyl (C=O) groups excluding carboxylic acids is 1. The van der Waals surface area contributed by atoms with Gasteiger partial charge >= 0.3 is 0 Å². The molecule has 0 saturated carbocycles. The van der Waals surface area contributed by atoms with Crippen molar-refractivity contribution in [3.8, 4) is 28.7 Å². The number of ether oxygens (including phenoxy) is 3. The SMILES string of the molecule is C=CCOc1cc(/C=C/C(=O)c2c(O)cc(O)cc2OC)cc(OCC=C)c1Br. The Labute approximate surface area is 177 Å². The molecule has 0 fully saturated rings. The van der Waals surface area contributed by atoms with Crippen LogP contribution < -0.4 is 14.2 Å². The van der Waals surface area contributed by atoms with E-state index >= 15 is 0 Å². The molecule has 0 aliphatic carbocycles. The Kier molecular flexibility index (Phi) is 7.91. The maximum atomic E-state index is 12.6. The maximum Gasteiger partial charge on any atom is 0.193 e. The highest BCUT2D eigenvalue weighted by molar-refractivity contribution is 9.10. The van der Waals surface area contributed by atoms with Gasteiger partial charge < -0.3 is 24.4 Å². The van der Waals surface area contributed by atoms with Crippen molar-refractivity contribution in [2.45, 2.75) is 0 Å². The molecule has 6 nitrogen and oxygen atoms in total. The molecule has 0 saturated heterocycles. The number of benzene rings is 2. The van der Waals surface area contributed by atoms with E-state index < -0.39 is 5.78 Å². The van der Waals surface area contributed by atoms with Crippen LogP contribution in [0.25, 0.3) is 6.08 Å². The Morgan fingerprint density at radius 1 is 1.03 bits per heavy atom. The van der Waals surface area contributed by atoms with Crippen LogP contribution in [0.15, 0.2) is 60.1 Å². The lowest BCUT2D eigenvalue weighted by molar-refractivity contribution is 0.104. The van der Waals surface area contributed by atoms with Crippen molar-refractivity contribution < 1.29 is 29.2 Å². The average Bonchev–Trinajstić information content (AvgIpc) is 2.70. The minimum Gasteiger partial charge on any atom is -0.508 e. The molecule has 2 aromatic rings. The number of phenolic OH excluding ortho intramolecular Hbond substituents is 2. The van der Waals surface area contributed by atoms with Gasteiger partial charge in [-0.1, -0.05) is 31.4 Å². The van der Waals surface area contributed by atoms with Crippen molar-refractivity contribution in [1.29, 1.82) is 0 Å². The molecule has 0 unspecified atom stereocenters. The van der Waals surface area contributed by atoms with Crippen molar-refractivity contribution in [1.82, 2.24) is 0 Å². The Morgan fingerprint density at radius 3 is 2.14 bits per heavy atom. The Balaban J connectivity index is 2.39. The minimum absolute atomic E-state index is 0.0510. The zero-order valence-corrected chi connectivity index (χ0v) is 17.4. The summed E-state index contributed by atoms with van der Waals surface area (Å²) in [6.45, 7) is 7.85. The molecule has 29 heavy (non-hydrogen) atoms. The van der Waals surface area contributed by atoms with Crippen LogP contribution in [0.2, 0.25) is 0 Å². The number of halogens is 1. The molecule has 2 rings (SSSR count). The fourth-order valence-corrected chi connectivity index (χ4v) is 2.90. The van der Waals surface area contributed by atoms with Crippen molar-refractivity contribution in [3.05, 3.63) is 71.3 Å². The predicted molar refractivity (Wildman–Crippen MR) is 115 cm³/mol. The molecule has 0 radical (unpaired) electrons. The van der Waals surface area contributed by atoms with E-state index in [1.165, 1.54) is 19.3 Å². The zero-order valence-electron chi connectivity index (χ0n) is 15.9. The molecule has 2 aromatic carbocycles. The summed E-state index contributed by atoms with van der Waals surface area (Å²) in [5.74, 6) is 0.0210. The van der Waals surface area contributed by atoms with Gasteiger partial charge in [0.2, 0.25) is 0 Å². The van der Waals surface area contributed by atoms with Crippen molar-refractivity contribution in [2.75, 3.05) is 20.3 Å². The van der Waals surface area contributed by atoms with Crippen molar-refractivity contribution in [3.63, 3.8) is 0 Å². The van der Waals surface area contributed by atoms with E-state index in [4.69, 9.17) is 14.2 Å². The van der Waals surface area contributed by atoms with Crippen molar-refractivity contribution in [2.24, 2.45) is 0 Å². The second kappa shape index (κ2) is 10.4. The molecule has 0 bridgehead atoms. The summed E-state index contributed by atoms with van der Waals surface area (Å²) in [7, 11) is 1.34. The first-order chi connectivity index (χ1) is 13.9. The summed E-state index contributed by atoms with van der Waals surface area (Å²) in [5.41, 5.74) is 0.585. The maximum absolute atomic E-state index is 12.6. The van der Waals surface area contributed by atoms with Crippen LogP contribution >= 0.6 is 15.9 Å². The molecule has 0 heterocycles. The molecule has 0 aromatic heterocycles. The third kappa shape index (κ3) is 5.65. The second-order valence-corrected chi connectivity index (χ2v) is 6.56. The number of rotatable bonds is 10. The predicted octanol–water partition coefficient (Wildman–Crippen LogP) is 4.89. The lowest BCUT2D eigenvalue weighted by Crippen LogP contribution is -2.00. The molecule has 2 N–H and O–H groups in total. The van der Waals surface area contributed by atoms with E-state index in [0.717, 1.165) is 6.07 Å². The van der Waals surface area contributed by atoms with Gasteiger partial charge in [-0.25, -0.2) is 0 Å². The largest absolute Gasteiger partial charge is 0.508 e.